The molecular formula is C16H25BrO2. The van der Waals surface area contributed by atoms with Gasteiger partial charge in [-0.05, 0) is 24.8 Å². The lowest BCUT2D eigenvalue weighted by Crippen LogP contribution is -2.09. The van der Waals surface area contributed by atoms with Gasteiger partial charge in [0.1, 0.15) is 11.5 Å². The molecule has 1 unspecified atom stereocenters. The molecule has 0 fully saturated rings. The summed E-state index contributed by atoms with van der Waals surface area (Å²) >= 11 is 3.50. The van der Waals surface area contributed by atoms with Crippen LogP contribution >= 0.6 is 15.9 Å². The molecule has 0 amide bonds. The molecule has 0 aromatic heterocycles. The highest BCUT2D eigenvalue weighted by molar-refractivity contribution is 9.08. The zero-order valence-electron chi connectivity index (χ0n) is 12.2. The Hall–Kier alpha value is -0.700. The van der Waals surface area contributed by atoms with E-state index in [2.05, 4.69) is 42.8 Å². The lowest BCUT2D eigenvalue weighted by molar-refractivity contribution is 0.247. The van der Waals surface area contributed by atoms with Gasteiger partial charge in [0, 0.05) is 17.0 Å². The van der Waals surface area contributed by atoms with Gasteiger partial charge in [0.2, 0.25) is 0 Å². The molecule has 0 saturated heterocycles. The zero-order chi connectivity index (χ0) is 14.1. The molecule has 3 heteroatoms. The minimum atomic E-state index is 0.591. The third-order valence-corrected chi connectivity index (χ3v) is 3.56. The van der Waals surface area contributed by atoms with Crippen molar-refractivity contribution in [2.45, 2.75) is 45.4 Å². The largest absolute Gasteiger partial charge is 0.493 e. The molecule has 0 heterocycles. The predicted molar refractivity (Wildman–Crippen MR) is 84.4 cm³/mol. The summed E-state index contributed by atoms with van der Waals surface area (Å²) in [4.78, 5) is 0. The van der Waals surface area contributed by atoms with E-state index in [1.54, 1.807) is 0 Å². The summed E-state index contributed by atoms with van der Waals surface area (Å²) in [5, 5.41) is 0.804. The average Bonchev–Trinajstić information content (AvgIpc) is 2.43. The molecule has 0 aliphatic heterocycles. The minimum absolute atomic E-state index is 0.591. The van der Waals surface area contributed by atoms with Crippen molar-refractivity contribution < 1.29 is 9.47 Å². The summed E-state index contributed by atoms with van der Waals surface area (Å²) in [5.41, 5.74) is 1.17. The Morgan fingerprint density at radius 1 is 1.16 bits per heavy atom. The van der Waals surface area contributed by atoms with Crippen molar-refractivity contribution in [2.24, 2.45) is 5.92 Å². The number of alkyl halides is 1. The van der Waals surface area contributed by atoms with Crippen molar-refractivity contribution in [3.63, 3.8) is 0 Å². The fourth-order valence-corrected chi connectivity index (χ4v) is 2.36. The quantitative estimate of drug-likeness (QED) is 0.581. The van der Waals surface area contributed by atoms with Crippen molar-refractivity contribution in [2.75, 3.05) is 13.2 Å². The van der Waals surface area contributed by atoms with Crippen LogP contribution in [0.15, 0.2) is 18.2 Å². The molecule has 108 valence electrons. The Kier molecular flexibility index (Phi) is 7.96. The maximum atomic E-state index is 5.95. The van der Waals surface area contributed by atoms with Crippen LogP contribution in [0, 0.1) is 5.92 Å². The standard InChI is InChI=1S/C16H25BrO2/c1-4-6-13(3)12-19-16-10-15(18-9-5-2)8-7-14(16)11-17/h7-8,10,13H,4-6,9,11-12H2,1-3H3. The van der Waals surface area contributed by atoms with Gasteiger partial charge >= 0.3 is 0 Å². The third-order valence-electron chi connectivity index (χ3n) is 2.96. The van der Waals surface area contributed by atoms with Crippen molar-refractivity contribution in [3.05, 3.63) is 23.8 Å². The first-order chi connectivity index (χ1) is 9.21. The summed E-state index contributed by atoms with van der Waals surface area (Å²) in [5.74, 6) is 2.42. The summed E-state index contributed by atoms with van der Waals surface area (Å²) in [6.07, 6.45) is 3.43. The van der Waals surface area contributed by atoms with E-state index < -0.39 is 0 Å². The monoisotopic (exact) mass is 328 g/mol. The van der Waals surface area contributed by atoms with Crippen LogP contribution in [0.4, 0.5) is 0 Å². The van der Waals surface area contributed by atoms with Gasteiger partial charge in [-0.1, -0.05) is 49.2 Å². The van der Waals surface area contributed by atoms with E-state index in [0.29, 0.717) is 5.92 Å². The van der Waals surface area contributed by atoms with E-state index in [9.17, 15) is 0 Å². The van der Waals surface area contributed by atoms with Crippen molar-refractivity contribution in [1.29, 1.82) is 0 Å². The highest BCUT2D eigenvalue weighted by Crippen LogP contribution is 2.27. The Morgan fingerprint density at radius 3 is 2.58 bits per heavy atom. The van der Waals surface area contributed by atoms with Gasteiger partial charge in [-0.25, -0.2) is 0 Å². The second-order valence-electron chi connectivity index (χ2n) is 4.96. The number of hydrogen-bond donors (Lipinski definition) is 0. The fourth-order valence-electron chi connectivity index (χ4n) is 1.90. The van der Waals surface area contributed by atoms with Crippen LogP contribution in [0.3, 0.4) is 0 Å². The summed E-state index contributed by atoms with van der Waals surface area (Å²) in [6, 6.07) is 6.08. The number of halogens is 1. The van der Waals surface area contributed by atoms with Crippen molar-refractivity contribution in [1.82, 2.24) is 0 Å². The second-order valence-corrected chi connectivity index (χ2v) is 5.52. The summed E-state index contributed by atoms with van der Waals surface area (Å²) in [6.45, 7) is 8.06. The number of hydrogen-bond acceptors (Lipinski definition) is 2. The number of rotatable bonds is 9. The van der Waals surface area contributed by atoms with Gasteiger partial charge in [-0.15, -0.1) is 0 Å². The van der Waals surface area contributed by atoms with Crippen LogP contribution in [0.2, 0.25) is 0 Å². The molecule has 0 spiro atoms. The number of benzene rings is 1. The van der Waals surface area contributed by atoms with E-state index in [0.717, 1.165) is 36.5 Å². The molecule has 2 nitrogen and oxygen atoms in total. The number of ether oxygens (including phenoxy) is 2. The normalized spacial score (nSPS) is 12.2. The molecular weight excluding hydrogens is 304 g/mol. The van der Waals surface area contributed by atoms with E-state index >= 15 is 0 Å². The average molecular weight is 329 g/mol. The van der Waals surface area contributed by atoms with E-state index in [1.165, 1.54) is 18.4 Å². The first kappa shape index (κ1) is 16.4. The first-order valence-electron chi connectivity index (χ1n) is 7.15. The van der Waals surface area contributed by atoms with Gasteiger partial charge < -0.3 is 9.47 Å². The molecule has 0 saturated carbocycles. The van der Waals surface area contributed by atoms with E-state index in [-0.39, 0.29) is 0 Å². The van der Waals surface area contributed by atoms with Gasteiger partial charge in [0.25, 0.3) is 0 Å². The van der Waals surface area contributed by atoms with Crippen LogP contribution in [0.5, 0.6) is 11.5 Å². The molecule has 0 aliphatic carbocycles. The second kappa shape index (κ2) is 9.24. The van der Waals surface area contributed by atoms with E-state index in [1.807, 2.05) is 12.1 Å². The van der Waals surface area contributed by atoms with Crippen molar-refractivity contribution in [3.8, 4) is 11.5 Å². The molecule has 0 radical (unpaired) electrons. The Bertz CT molecular complexity index is 366. The molecule has 0 bridgehead atoms. The topological polar surface area (TPSA) is 18.5 Å². The molecule has 0 N–H and O–H groups in total. The maximum Gasteiger partial charge on any atom is 0.127 e. The molecule has 1 aromatic carbocycles. The van der Waals surface area contributed by atoms with Crippen LogP contribution < -0.4 is 9.47 Å². The van der Waals surface area contributed by atoms with Crippen LogP contribution in [0.25, 0.3) is 0 Å². The van der Waals surface area contributed by atoms with Crippen LogP contribution in [-0.2, 0) is 5.33 Å². The Morgan fingerprint density at radius 2 is 1.95 bits per heavy atom. The van der Waals surface area contributed by atoms with Crippen molar-refractivity contribution >= 4 is 15.9 Å². The summed E-state index contributed by atoms with van der Waals surface area (Å²) in [7, 11) is 0. The molecule has 19 heavy (non-hydrogen) atoms. The highest BCUT2D eigenvalue weighted by Gasteiger charge is 2.08. The first-order valence-corrected chi connectivity index (χ1v) is 8.27. The Labute approximate surface area is 125 Å². The lowest BCUT2D eigenvalue weighted by atomic mass is 10.1. The molecule has 1 rings (SSSR count). The van der Waals surface area contributed by atoms with Gasteiger partial charge in [0.05, 0.1) is 13.2 Å². The maximum absolute atomic E-state index is 5.95. The molecule has 1 aromatic rings. The zero-order valence-corrected chi connectivity index (χ0v) is 13.8. The van der Waals surface area contributed by atoms with E-state index in [4.69, 9.17) is 9.47 Å². The smallest absolute Gasteiger partial charge is 0.127 e. The van der Waals surface area contributed by atoms with Crippen LogP contribution in [-0.4, -0.2) is 13.2 Å². The Balaban J connectivity index is 2.66. The summed E-state index contributed by atoms with van der Waals surface area (Å²) < 4.78 is 11.6. The van der Waals surface area contributed by atoms with Gasteiger partial charge in [-0.2, -0.15) is 0 Å². The van der Waals surface area contributed by atoms with Gasteiger partial charge in [-0.3, -0.25) is 0 Å². The molecule has 0 aliphatic rings. The fraction of sp³-hybridized carbons (Fsp3) is 0.625. The minimum Gasteiger partial charge on any atom is -0.493 e. The predicted octanol–water partition coefficient (Wildman–Crippen LogP) is 5.19. The molecule has 1 atom stereocenters. The van der Waals surface area contributed by atoms with Crippen LogP contribution in [0.1, 0.15) is 45.6 Å². The SMILES string of the molecule is CCCOc1ccc(CBr)c(OCC(C)CCC)c1. The lowest BCUT2D eigenvalue weighted by Gasteiger charge is -2.15. The van der Waals surface area contributed by atoms with Gasteiger partial charge in [0.15, 0.2) is 0 Å². The highest BCUT2D eigenvalue weighted by atomic mass is 79.9. The third kappa shape index (κ3) is 5.85.